The zero-order chi connectivity index (χ0) is 20.7. The largest absolute Gasteiger partial charge is 0.351 e. The van der Waals surface area contributed by atoms with Gasteiger partial charge in [0.2, 0.25) is 5.91 Å². The van der Waals surface area contributed by atoms with Crippen molar-refractivity contribution in [2.45, 2.75) is 73.3 Å². The Morgan fingerprint density at radius 3 is 2.46 bits per heavy atom. The summed E-state index contributed by atoms with van der Waals surface area (Å²) in [4.78, 5) is 17.4. The van der Waals surface area contributed by atoms with E-state index < -0.39 is 0 Å². The van der Waals surface area contributed by atoms with Crippen molar-refractivity contribution >= 4 is 22.5 Å². The number of hydrogen-bond donors (Lipinski definition) is 1. The summed E-state index contributed by atoms with van der Waals surface area (Å²) >= 11 is 0. The van der Waals surface area contributed by atoms with Crippen molar-refractivity contribution < 1.29 is 4.79 Å². The van der Waals surface area contributed by atoms with Crippen LogP contribution in [0.3, 0.4) is 0 Å². The highest BCUT2D eigenvalue weighted by atomic mass is 16.1. The van der Waals surface area contributed by atoms with Gasteiger partial charge in [-0.15, -0.1) is 0 Å². The second-order valence-electron chi connectivity index (χ2n) is 9.68. The number of amides is 1. The van der Waals surface area contributed by atoms with Crippen LogP contribution in [-0.2, 0) is 11.2 Å². The van der Waals surface area contributed by atoms with E-state index in [1.54, 1.807) is 0 Å². The normalized spacial score (nSPS) is 12.7. The predicted octanol–water partition coefficient (Wildman–Crippen LogP) is 4.76. The van der Waals surface area contributed by atoms with Gasteiger partial charge in [0.05, 0.1) is 5.52 Å². The first-order valence-corrected chi connectivity index (χ1v) is 10.0. The molecule has 0 aliphatic carbocycles. The number of aromatic nitrogens is 3. The molecule has 0 bridgehead atoms. The molecule has 0 fully saturated rings. The van der Waals surface area contributed by atoms with Gasteiger partial charge in [-0.1, -0.05) is 32.9 Å². The maximum absolute atomic E-state index is 12.6. The topological polar surface area (TPSA) is 59.3 Å². The van der Waals surface area contributed by atoms with Gasteiger partial charge in [0.25, 0.3) is 0 Å². The Labute approximate surface area is 167 Å². The monoisotopic (exact) mass is 380 g/mol. The second kappa shape index (κ2) is 7.19. The summed E-state index contributed by atoms with van der Waals surface area (Å²) in [5.41, 5.74) is 4.89. The molecule has 5 heteroatoms. The standard InChI is InChI=1S/C23H32N4O/c1-15-17(12-13-20(28)25-23(6,7)14-22(3,4)5)16(2)27-21(24-15)18-10-8-9-11-19(18)26-27/h8-11H,12-14H2,1-7H3,(H,25,28). The van der Waals surface area contributed by atoms with Crippen molar-refractivity contribution in [1.29, 1.82) is 0 Å². The minimum Gasteiger partial charge on any atom is -0.351 e. The molecule has 3 aromatic rings. The SMILES string of the molecule is Cc1nc2c3ccccc3nn2c(C)c1CCC(=O)NC(C)(C)CC(C)(C)C. The first kappa shape index (κ1) is 20.3. The quantitative estimate of drug-likeness (QED) is 0.694. The first-order valence-electron chi connectivity index (χ1n) is 10.0. The summed E-state index contributed by atoms with van der Waals surface area (Å²) in [7, 11) is 0. The van der Waals surface area contributed by atoms with E-state index in [0.29, 0.717) is 12.8 Å². The zero-order valence-electron chi connectivity index (χ0n) is 18.2. The van der Waals surface area contributed by atoms with Gasteiger partial charge in [-0.3, -0.25) is 4.79 Å². The molecular weight excluding hydrogens is 348 g/mol. The van der Waals surface area contributed by atoms with Gasteiger partial charge in [0.1, 0.15) is 0 Å². The molecule has 0 aliphatic heterocycles. The molecule has 1 amide bonds. The first-order chi connectivity index (χ1) is 13.0. The molecule has 2 aromatic heterocycles. The van der Waals surface area contributed by atoms with Gasteiger partial charge in [0, 0.05) is 28.7 Å². The van der Waals surface area contributed by atoms with Crippen LogP contribution in [0.4, 0.5) is 0 Å². The Kier molecular flexibility index (Phi) is 5.22. The summed E-state index contributed by atoms with van der Waals surface area (Å²) in [5, 5.41) is 8.95. The summed E-state index contributed by atoms with van der Waals surface area (Å²) in [5.74, 6) is 0.0822. The van der Waals surface area contributed by atoms with Crippen LogP contribution in [0.15, 0.2) is 24.3 Å². The van der Waals surface area contributed by atoms with Crippen LogP contribution >= 0.6 is 0 Å². The third-order valence-electron chi connectivity index (χ3n) is 5.07. The van der Waals surface area contributed by atoms with Gasteiger partial charge in [-0.25, -0.2) is 9.50 Å². The fourth-order valence-corrected chi connectivity index (χ4v) is 4.39. The average molecular weight is 381 g/mol. The third kappa shape index (κ3) is 4.34. The second-order valence-corrected chi connectivity index (χ2v) is 9.68. The van der Waals surface area contributed by atoms with E-state index in [1.165, 1.54) is 0 Å². The molecule has 0 radical (unpaired) electrons. The minimum absolute atomic E-state index is 0.0822. The van der Waals surface area contributed by atoms with Gasteiger partial charge >= 0.3 is 0 Å². The van der Waals surface area contributed by atoms with E-state index in [1.807, 2.05) is 35.7 Å². The van der Waals surface area contributed by atoms with E-state index >= 15 is 0 Å². The molecule has 2 heterocycles. The van der Waals surface area contributed by atoms with Crippen molar-refractivity contribution in [3.63, 3.8) is 0 Å². The van der Waals surface area contributed by atoms with E-state index in [2.05, 4.69) is 46.9 Å². The zero-order valence-corrected chi connectivity index (χ0v) is 18.2. The average Bonchev–Trinajstić information content (AvgIpc) is 2.91. The number of carbonyl (C=O) groups is 1. The number of benzene rings is 1. The van der Waals surface area contributed by atoms with Crippen LogP contribution in [0.2, 0.25) is 0 Å². The molecule has 0 aliphatic rings. The van der Waals surface area contributed by atoms with E-state index in [4.69, 9.17) is 10.1 Å². The van der Waals surface area contributed by atoms with Crippen molar-refractivity contribution in [2.75, 3.05) is 0 Å². The lowest BCUT2D eigenvalue weighted by atomic mass is 9.81. The van der Waals surface area contributed by atoms with Crippen molar-refractivity contribution in [3.8, 4) is 0 Å². The number of carbonyl (C=O) groups excluding carboxylic acids is 1. The number of nitrogens with zero attached hydrogens (tertiary/aromatic N) is 3. The van der Waals surface area contributed by atoms with E-state index in [-0.39, 0.29) is 16.9 Å². The molecule has 0 saturated heterocycles. The van der Waals surface area contributed by atoms with Crippen molar-refractivity contribution in [3.05, 3.63) is 41.2 Å². The van der Waals surface area contributed by atoms with Crippen LogP contribution in [-0.4, -0.2) is 26.0 Å². The number of hydrogen-bond acceptors (Lipinski definition) is 3. The fourth-order valence-electron chi connectivity index (χ4n) is 4.39. The summed E-state index contributed by atoms with van der Waals surface area (Å²) in [6.45, 7) is 14.9. The van der Waals surface area contributed by atoms with Crippen LogP contribution < -0.4 is 5.32 Å². The maximum Gasteiger partial charge on any atom is 0.220 e. The highest BCUT2D eigenvalue weighted by Crippen LogP contribution is 2.27. The molecule has 0 saturated carbocycles. The molecule has 0 atom stereocenters. The molecule has 0 spiro atoms. The molecule has 1 N–H and O–H groups in total. The van der Waals surface area contributed by atoms with Crippen LogP contribution in [0.25, 0.3) is 16.6 Å². The van der Waals surface area contributed by atoms with Crippen molar-refractivity contribution in [1.82, 2.24) is 19.9 Å². The number of aryl methyl sites for hydroxylation is 2. The smallest absolute Gasteiger partial charge is 0.220 e. The summed E-state index contributed by atoms with van der Waals surface area (Å²) in [6.07, 6.45) is 2.04. The number of fused-ring (bicyclic) bond motifs is 3. The minimum atomic E-state index is -0.221. The molecule has 0 unspecified atom stereocenters. The van der Waals surface area contributed by atoms with Gasteiger partial charge < -0.3 is 5.32 Å². The lowest BCUT2D eigenvalue weighted by Crippen LogP contribution is -2.45. The Hall–Kier alpha value is -2.43. The van der Waals surface area contributed by atoms with Crippen LogP contribution in [0, 0.1) is 19.3 Å². The lowest BCUT2D eigenvalue weighted by molar-refractivity contribution is -0.122. The predicted molar refractivity (Wildman–Crippen MR) is 115 cm³/mol. The van der Waals surface area contributed by atoms with E-state index in [0.717, 1.165) is 39.9 Å². The summed E-state index contributed by atoms with van der Waals surface area (Å²) < 4.78 is 1.91. The van der Waals surface area contributed by atoms with E-state index in [9.17, 15) is 4.79 Å². The molecule has 1 aromatic carbocycles. The molecule has 28 heavy (non-hydrogen) atoms. The highest BCUT2D eigenvalue weighted by molar-refractivity contribution is 5.92. The lowest BCUT2D eigenvalue weighted by Gasteiger charge is -2.33. The molecular formula is C23H32N4O. The number of nitrogens with one attached hydrogen (secondary N) is 1. The third-order valence-corrected chi connectivity index (χ3v) is 5.07. The molecule has 150 valence electrons. The Morgan fingerprint density at radius 2 is 1.79 bits per heavy atom. The Bertz CT molecular complexity index is 1020. The summed E-state index contributed by atoms with van der Waals surface area (Å²) in [6, 6.07) is 8.05. The van der Waals surface area contributed by atoms with Crippen LogP contribution in [0.1, 0.15) is 64.4 Å². The van der Waals surface area contributed by atoms with Gasteiger partial charge in [0.15, 0.2) is 5.65 Å². The number of rotatable bonds is 5. The van der Waals surface area contributed by atoms with Gasteiger partial charge in [-0.2, -0.15) is 5.10 Å². The van der Waals surface area contributed by atoms with Gasteiger partial charge in [-0.05, 0) is 63.6 Å². The molecule has 3 rings (SSSR count). The van der Waals surface area contributed by atoms with Crippen molar-refractivity contribution in [2.24, 2.45) is 5.41 Å². The highest BCUT2D eigenvalue weighted by Gasteiger charge is 2.27. The molecule has 5 nitrogen and oxygen atoms in total. The van der Waals surface area contributed by atoms with Crippen LogP contribution in [0.5, 0.6) is 0 Å². The Morgan fingerprint density at radius 1 is 1.11 bits per heavy atom. The maximum atomic E-state index is 12.6. The fraction of sp³-hybridized carbons (Fsp3) is 0.522. The Balaban J connectivity index is 1.79.